The molecule has 0 saturated carbocycles. The van der Waals surface area contributed by atoms with E-state index in [4.69, 9.17) is 23.2 Å². The third-order valence-corrected chi connectivity index (χ3v) is 3.23. The molecule has 1 N–H and O–H groups in total. The van der Waals surface area contributed by atoms with Crippen molar-refractivity contribution in [3.8, 4) is 0 Å². The summed E-state index contributed by atoms with van der Waals surface area (Å²) in [6.07, 6.45) is 1.28. The van der Waals surface area contributed by atoms with E-state index in [1.54, 1.807) is 6.92 Å². The molecule has 0 spiro atoms. The summed E-state index contributed by atoms with van der Waals surface area (Å²) in [6.45, 7) is 1.59. The van der Waals surface area contributed by atoms with Gasteiger partial charge in [-0.15, -0.1) is 0 Å². The summed E-state index contributed by atoms with van der Waals surface area (Å²) >= 11 is 11.6. The molecule has 0 aliphatic carbocycles. The molecule has 0 saturated heterocycles. The van der Waals surface area contributed by atoms with Crippen LogP contribution in [0.4, 0.5) is 11.4 Å². The van der Waals surface area contributed by atoms with Crippen LogP contribution in [0.15, 0.2) is 30.5 Å². The summed E-state index contributed by atoms with van der Waals surface area (Å²) in [5, 5.41) is 13.6. The van der Waals surface area contributed by atoms with E-state index >= 15 is 0 Å². The number of pyridine rings is 1. The Morgan fingerprint density at radius 1 is 1.33 bits per heavy atom. The van der Waals surface area contributed by atoms with Gasteiger partial charge in [0.15, 0.2) is 0 Å². The summed E-state index contributed by atoms with van der Waals surface area (Å²) in [4.78, 5) is 26.1. The highest BCUT2D eigenvalue weighted by Crippen LogP contribution is 2.23. The Morgan fingerprint density at radius 2 is 2.05 bits per heavy atom. The lowest BCUT2D eigenvalue weighted by molar-refractivity contribution is -0.385. The Bertz CT molecular complexity index is 735. The van der Waals surface area contributed by atoms with E-state index in [0.717, 1.165) is 0 Å². The lowest BCUT2D eigenvalue weighted by atomic mass is 10.1. The minimum Gasteiger partial charge on any atom is -0.322 e. The molecule has 0 aliphatic heterocycles. The van der Waals surface area contributed by atoms with Crippen molar-refractivity contribution in [1.82, 2.24) is 4.98 Å². The molecule has 0 fully saturated rings. The van der Waals surface area contributed by atoms with Crippen molar-refractivity contribution < 1.29 is 9.72 Å². The van der Waals surface area contributed by atoms with Crippen molar-refractivity contribution in [2.45, 2.75) is 6.92 Å². The molecular weight excluding hydrogens is 317 g/mol. The van der Waals surface area contributed by atoms with Gasteiger partial charge in [0.2, 0.25) is 0 Å². The molecule has 2 rings (SSSR count). The summed E-state index contributed by atoms with van der Waals surface area (Å²) < 4.78 is 0. The van der Waals surface area contributed by atoms with E-state index in [1.165, 1.54) is 30.5 Å². The van der Waals surface area contributed by atoms with Crippen molar-refractivity contribution in [1.29, 1.82) is 0 Å². The van der Waals surface area contributed by atoms with E-state index in [0.29, 0.717) is 11.3 Å². The lowest BCUT2D eigenvalue weighted by Crippen LogP contribution is -2.13. The number of aromatic nitrogens is 1. The number of nitrogens with one attached hydrogen (secondary N) is 1. The minimum absolute atomic E-state index is 0.0158. The number of hydrogen-bond donors (Lipinski definition) is 1. The van der Waals surface area contributed by atoms with Crippen LogP contribution in [0.2, 0.25) is 10.2 Å². The summed E-state index contributed by atoms with van der Waals surface area (Å²) in [6, 6.07) is 5.62. The second kappa shape index (κ2) is 6.07. The van der Waals surface area contributed by atoms with Gasteiger partial charge in [-0.2, -0.15) is 0 Å². The fraction of sp³-hybridized carbons (Fsp3) is 0.0769. The van der Waals surface area contributed by atoms with Gasteiger partial charge >= 0.3 is 0 Å². The molecular formula is C13H9Cl2N3O3. The van der Waals surface area contributed by atoms with E-state index in [-0.39, 0.29) is 21.4 Å². The fourth-order valence-electron chi connectivity index (χ4n) is 1.72. The zero-order valence-corrected chi connectivity index (χ0v) is 12.3. The van der Waals surface area contributed by atoms with Crippen LogP contribution in [-0.4, -0.2) is 15.8 Å². The maximum Gasteiger partial charge on any atom is 0.272 e. The Labute approximate surface area is 129 Å². The third kappa shape index (κ3) is 3.48. The van der Waals surface area contributed by atoms with Crippen molar-refractivity contribution in [2.24, 2.45) is 0 Å². The maximum atomic E-state index is 12.1. The molecule has 1 amide bonds. The third-order valence-electron chi connectivity index (χ3n) is 2.72. The van der Waals surface area contributed by atoms with Crippen molar-refractivity contribution in [3.63, 3.8) is 0 Å². The first kappa shape index (κ1) is 15.2. The molecule has 0 atom stereocenters. The minimum atomic E-state index is -0.486. The van der Waals surface area contributed by atoms with Crippen LogP contribution in [0.1, 0.15) is 15.9 Å². The molecule has 8 heteroatoms. The number of carbonyl (C=O) groups excluding carboxylic acids is 1. The van der Waals surface area contributed by atoms with Crippen LogP contribution in [0.5, 0.6) is 0 Å². The highest BCUT2D eigenvalue weighted by Gasteiger charge is 2.14. The molecule has 6 nitrogen and oxygen atoms in total. The van der Waals surface area contributed by atoms with Gasteiger partial charge in [-0.25, -0.2) is 4.98 Å². The molecule has 2 aromatic rings. The largest absolute Gasteiger partial charge is 0.322 e. The van der Waals surface area contributed by atoms with Crippen LogP contribution in [0.3, 0.4) is 0 Å². The monoisotopic (exact) mass is 325 g/mol. The molecule has 0 radical (unpaired) electrons. The second-order valence-electron chi connectivity index (χ2n) is 4.20. The normalized spacial score (nSPS) is 10.2. The summed E-state index contributed by atoms with van der Waals surface area (Å²) in [7, 11) is 0. The van der Waals surface area contributed by atoms with Gasteiger partial charge in [0.05, 0.1) is 15.5 Å². The zero-order chi connectivity index (χ0) is 15.6. The van der Waals surface area contributed by atoms with Gasteiger partial charge in [0, 0.05) is 23.5 Å². The predicted octanol–water partition coefficient (Wildman–Crippen LogP) is 3.86. The summed E-state index contributed by atoms with van der Waals surface area (Å²) in [5.74, 6) is -0.474. The molecule has 1 aromatic carbocycles. The number of aryl methyl sites for hydroxylation is 1. The molecule has 1 aromatic heterocycles. The van der Waals surface area contributed by atoms with Crippen molar-refractivity contribution in [2.75, 3.05) is 5.32 Å². The second-order valence-corrected chi connectivity index (χ2v) is 4.99. The highest BCUT2D eigenvalue weighted by atomic mass is 35.5. The van der Waals surface area contributed by atoms with Gasteiger partial charge in [0.1, 0.15) is 5.15 Å². The Balaban J connectivity index is 2.26. The average molecular weight is 326 g/mol. The number of carbonyl (C=O) groups is 1. The number of amides is 1. The Hall–Kier alpha value is -2.18. The van der Waals surface area contributed by atoms with Gasteiger partial charge in [-0.3, -0.25) is 14.9 Å². The quantitative estimate of drug-likeness (QED) is 0.527. The lowest BCUT2D eigenvalue weighted by Gasteiger charge is -2.07. The van der Waals surface area contributed by atoms with Crippen LogP contribution in [0, 0.1) is 17.0 Å². The summed E-state index contributed by atoms with van der Waals surface area (Å²) in [5.41, 5.74) is 1.02. The first-order valence-corrected chi connectivity index (χ1v) is 6.51. The molecule has 0 bridgehead atoms. The molecule has 0 unspecified atom stereocenters. The predicted molar refractivity (Wildman–Crippen MR) is 80.0 cm³/mol. The SMILES string of the molecule is Cc1cc(NC(=O)c2cc(Cl)ncc2Cl)ccc1[N+](=O)[O-]. The number of nitrogens with zero attached hydrogens (tertiary/aromatic N) is 2. The van der Waals surface area contributed by atoms with Crippen molar-refractivity contribution in [3.05, 3.63) is 61.9 Å². The molecule has 108 valence electrons. The van der Waals surface area contributed by atoms with E-state index in [9.17, 15) is 14.9 Å². The van der Waals surface area contributed by atoms with Crippen LogP contribution >= 0.6 is 23.2 Å². The van der Waals surface area contributed by atoms with Gasteiger partial charge in [-0.05, 0) is 25.1 Å². The van der Waals surface area contributed by atoms with E-state index in [2.05, 4.69) is 10.3 Å². The highest BCUT2D eigenvalue weighted by molar-refractivity contribution is 6.35. The first-order valence-electron chi connectivity index (χ1n) is 5.76. The van der Waals surface area contributed by atoms with Crippen molar-refractivity contribution >= 4 is 40.5 Å². The zero-order valence-electron chi connectivity index (χ0n) is 10.8. The standard InChI is InChI=1S/C13H9Cl2N3O3/c1-7-4-8(2-3-11(7)18(20)21)17-13(19)9-5-12(15)16-6-10(9)14/h2-6H,1H3,(H,17,19). The number of rotatable bonds is 3. The van der Waals surface area contributed by atoms with Crippen LogP contribution < -0.4 is 5.32 Å². The van der Waals surface area contributed by atoms with Gasteiger partial charge in [-0.1, -0.05) is 23.2 Å². The number of hydrogen-bond acceptors (Lipinski definition) is 4. The Morgan fingerprint density at radius 3 is 2.67 bits per heavy atom. The average Bonchev–Trinajstić information content (AvgIpc) is 2.41. The van der Waals surface area contributed by atoms with E-state index < -0.39 is 10.8 Å². The fourth-order valence-corrected chi connectivity index (χ4v) is 2.07. The van der Waals surface area contributed by atoms with Gasteiger partial charge in [0.25, 0.3) is 11.6 Å². The van der Waals surface area contributed by atoms with Gasteiger partial charge < -0.3 is 5.32 Å². The van der Waals surface area contributed by atoms with E-state index in [1.807, 2.05) is 0 Å². The number of nitro groups is 1. The number of anilines is 1. The smallest absolute Gasteiger partial charge is 0.272 e. The molecule has 0 aliphatic rings. The maximum absolute atomic E-state index is 12.1. The molecule has 21 heavy (non-hydrogen) atoms. The van der Waals surface area contributed by atoms with Crippen LogP contribution in [-0.2, 0) is 0 Å². The number of benzene rings is 1. The topological polar surface area (TPSA) is 85.1 Å². The first-order chi connectivity index (χ1) is 9.88. The Kier molecular flexibility index (Phi) is 4.40. The number of halogens is 2. The van der Waals surface area contributed by atoms with Crippen LogP contribution in [0.25, 0.3) is 0 Å². The molecule has 1 heterocycles. The number of nitro benzene ring substituents is 1.